The van der Waals surface area contributed by atoms with Crippen molar-refractivity contribution in [3.05, 3.63) is 82.3 Å². The summed E-state index contributed by atoms with van der Waals surface area (Å²) in [4.78, 5) is 8.81. The van der Waals surface area contributed by atoms with Gasteiger partial charge in [0.15, 0.2) is 5.82 Å². The van der Waals surface area contributed by atoms with Crippen molar-refractivity contribution < 1.29 is 4.39 Å². The molecule has 0 bridgehead atoms. The summed E-state index contributed by atoms with van der Waals surface area (Å²) in [7, 11) is 0. The first-order chi connectivity index (χ1) is 12.6. The number of nitrogens with zero attached hydrogens (tertiary/aromatic N) is 2. The monoisotopic (exact) mass is 362 g/mol. The van der Waals surface area contributed by atoms with Crippen LogP contribution >= 0.6 is 0 Å². The minimum atomic E-state index is -0.0534. The largest absolute Gasteiger partial charge is 0.237 e. The maximum Gasteiger partial charge on any atom is 0.151 e. The van der Waals surface area contributed by atoms with Crippen molar-refractivity contribution in [3.63, 3.8) is 0 Å². The molecule has 1 heterocycles. The number of aryl methyl sites for hydroxylation is 1. The number of hydrogen-bond acceptors (Lipinski definition) is 2. The minimum absolute atomic E-state index is 0. The highest BCUT2D eigenvalue weighted by atomic mass is 19.1. The van der Waals surface area contributed by atoms with Gasteiger partial charge < -0.3 is 0 Å². The Morgan fingerprint density at radius 2 is 1.89 bits per heavy atom. The Bertz CT molecular complexity index is 933. The highest BCUT2D eigenvalue weighted by Crippen LogP contribution is 2.32. The normalized spacial score (nSPS) is 14.6. The average molecular weight is 362 g/mol. The second-order valence-corrected chi connectivity index (χ2v) is 6.58. The quantitative estimate of drug-likeness (QED) is 0.527. The fourth-order valence-corrected chi connectivity index (χ4v) is 3.04. The van der Waals surface area contributed by atoms with E-state index >= 15 is 0 Å². The van der Waals surface area contributed by atoms with Gasteiger partial charge in [0.25, 0.3) is 0 Å². The Kier molecular flexibility index (Phi) is 7.00. The molecule has 0 aliphatic heterocycles. The molecule has 1 aliphatic rings. The van der Waals surface area contributed by atoms with Crippen LogP contribution < -0.4 is 0 Å². The molecular weight excluding hydrogens is 335 g/mol. The molecule has 3 heteroatoms. The summed E-state index contributed by atoms with van der Waals surface area (Å²) in [6.07, 6.45) is 10.6. The number of halogens is 1. The van der Waals surface area contributed by atoms with E-state index in [0.717, 1.165) is 34.2 Å². The Morgan fingerprint density at radius 1 is 1.07 bits per heavy atom. The Labute approximate surface area is 161 Å². The van der Waals surface area contributed by atoms with Crippen LogP contribution in [0, 0.1) is 6.92 Å². The summed E-state index contributed by atoms with van der Waals surface area (Å²) in [5.41, 5.74) is 6.40. The van der Waals surface area contributed by atoms with Gasteiger partial charge in [0.1, 0.15) is 5.83 Å². The van der Waals surface area contributed by atoms with Crippen molar-refractivity contribution in [1.82, 2.24) is 4.98 Å². The first-order valence-electron chi connectivity index (χ1n) is 8.86. The number of aromatic nitrogens is 1. The molecule has 0 saturated carbocycles. The van der Waals surface area contributed by atoms with Crippen molar-refractivity contribution in [2.75, 3.05) is 0 Å². The van der Waals surface area contributed by atoms with Gasteiger partial charge in [-0.2, -0.15) is 0 Å². The van der Waals surface area contributed by atoms with Gasteiger partial charge in [0.05, 0.1) is 0 Å². The van der Waals surface area contributed by atoms with E-state index < -0.39 is 0 Å². The lowest BCUT2D eigenvalue weighted by Gasteiger charge is -2.15. The molecule has 1 aliphatic carbocycles. The standard InChI is InChI=1S/C23H23FN2.CH4/c1-4-5-18-7-8-19(22-14-21(24)9-6-17(22)3)13-20(18)15-26-23-12-16(2)10-11-25-23;/h4-5,7-8,10-15H,6,9H2,1-3H3;1H4/b5-4+,26-15?;. The van der Waals surface area contributed by atoms with Gasteiger partial charge in [-0.25, -0.2) is 14.4 Å². The van der Waals surface area contributed by atoms with E-state index in [1.54, 1.807) is 12.3 Å². The smallest absolute Gasteiger partial charge is 0.151 e. The second-order valence-electron chi connectivity index (χ2n) is 6.58. The highest BCUT2D eigenvalue weighted by Gasteiger charge is 2.13. The summed E-state index contributed by atoms with van der Waals surface area (Å²) in [6, 6.07) is 10.1. The molecule has 140 valence electrons. The van der Waals surface area contributed by atoms with Crippen LogP contribution in [-0.4, -0.2) is 11.2 Å². The third-order valence-electron chi connectivity index (χ3n) is 4.48. The maximum absolute atomic E-state index is 13.8. The number of rotatable bonds is 4. The van der Waals surface area contributed by atoms with Crippen LogP contribution in [-0.2, 0) is 0 Å². The Hall–Kier alpha value is -2.81. The summed E-state index contributed by atoms with van der Waals surface area (Å²) in [5, 5.41) is 0. The van der Waals surface area contributed by atoms with Gasteiger partial charge in [-0.05, 0) is 73.7 Å². The molecule has 0 spiro atoms. The van der Waals surface area contributed by atoms with Crippen LogP contribution in [0.15, 0.2) is 65.1 Å². The third-order valence-corrected chi connectivity index (χ3v) is 4.48. The molecule has 1 aromatic carbocycles. The van der Waals surface area contributed by atoms with Gasteiger partial charge in [-0.15, -0.1) is 0 Å². The Balaban J connectivity index is 0.00000261. The zero-order chi connectivity index (χ0) is 18.5. The van der Waals surface area contributed by atoms with Crippen molar-refractivity contribution in [2.45, 2.75) is 41.0 Å². The predicted molar refractivity (Wildman–Crippen MR) is 115 cm³/mol. The van der Waals surface area contributed by atoms with Gasteiger partial charge in [-0.3, -0.25) is 0 Å². The van der Waals surface area contributed by atoms with E-state index in [1.165, 1.54) is 5.57 Å². The van der Waals surface area contributed by atoms with Crippen LogP contribution in [0.25, 0.3) is 11.6 Å². The molecule has 1 aromatic heterocycles. The SMILES string of the molecule is C.C/C=C/c1ccc(C2=C(C)CCC(F)=C2)cc1C=Nc1cc(C)ccn1. The topological polar surface area (TPSA) is 25.2 Å². The molecule has 0 radical (unpaired) electrons. The molecular formula is C24H27FN2. The number of allylic oxidation sites excluding steroid dienone is 5. The van der Waals surface area contributed by atoms with Gasteiger partial charge in [0, 0.05) is 24.4 Å². The third kappa shape index (κ3) is 5.10. The number of pyridine rings is 1. The van der Waals surface area contributed by atoms with E-state index in [9.17, 15) is 4.39 Å². The fourth-order valence-electron chi connectivity index (χ4n) is 3.04. The lowest BCUT2D eigenvalue weighted by atomic mass is 9.91. The van der Waals surface area contributed by atoms with E-state index in [4.69, 9.17) is 0 Å². The first-order valence-corrected chi connectivity index (χ1v) is 8.86. The molecule has 0 amide bonds. The number of hydrogen-bond donors (Lipinski definition) is 0. The summed E-state index contributed by atoms with van der Waals surface area (Å²) < 4.78 is 13.8. The molecule has 0 unspecified atom stereocenters. The number of benzene rings is 1. The van der Waals surface area contributed by atoms with E-state index in [0.29, 0.717) is 12.2 Å². The van der Waals surface area contributed by atoms with E-state index in [1.807, 2.05) is 50.4 Å². The minimum Gasteiger partial charge on any atom is -0.237 e. The van der Waals surface area contributed by atoms with Crippen LogP contribution in [0.2, 0.25) is 0 Å². The highest BCUT2D eigenvalue weighted by molar-refractivity contribution is 5.90. The Morgan fingerprint density at radius 3 is 2.63 bits per heavy atom. The van der Waals surface area contributed by atoms with Crippen LogP contribution in [0.1, 0.15) is 56.4 Å². The van der Waals surface area contributed by atoms with Gasteiger partial charge in [-0.1, -0.05) is 37.3 Å². The molecule has 0 N–H and O–H groups in total. The average Bonchev–Trinajstić information content (AvgIpc) is 2.63. The molecule has 0 atom stereocenters. The van der Waals surface area contributed by atoms with Crippen molar-refractivity contribution in [2.24, 2.45) is 4.99 Å². The summed E-state index contributed by atoms with van der Waals surface area (Å²) in [6.45, 7) is 6.08. The zero-order valence-electron chi connectivity index (χ0n) is 15.5. The first kappa shape index (κ1) is 20.5. The lowest BCUT2D eigenvalue weighted by Crippen LogP contribution is -1.97. The predicted octanol–water partition coefficient (Wildman–Crippen LogP) is 7.23. The van der Waals surface area contributed by atoms with Gasteiger partial charge in [0.2, 0.25) is 0 Å². The van der Waals surface area contributed by atoms with Crippen molar-refractivity contribution in [3.8, 4) is 0 Å². The summed E-state index contributed by atoms with van der Waals surface area (Å²) >= 11 is 0. The van der Waals surface area contributed by atoms with Crippen LogP contribution in [0.3, 0.4) is 0 Å². The van der Waals surface area contributed by atoms with Gasteiger partial charge >= 0.3 is 0 Å². The fraction of sp³-hybridized carbons (Fsp3) is 0.250. The molecule has 2 aromatic rings. The lowest BCUT2D eigenvalue weighted by molar-refractivity contribution is 0.584. The van der Waals surface area contributed by atoms with Crippen LogP contribution in [0.5, 0.6) is 0 Å². The second kappa shape index (κ2) is 9.22. The molecule has 2 nitrogen and oxygen atoms in total. The molecule has 0 fully saturated rings. The van der Waals surface area contributed by atoms with Crippen molar-refractivity contribution >= 4 is 23.7 Å². The molecule has 3 rings (SSSR count). The molecule has 0 saturated heterocycles. The summed E-state index contributed by atoms with van der Waals surface area (Å²) in [5.74, 6) is 0.628. The number of aliphatic imine (C=N–C) groups is 1. The molecule has 27 heavy (non-hydrogen) atoms. The van der Waals surface area contributed by atoms with Crippen LogP contribution in [0.4, 0.5) is 10.2 Å². The van der Waals surface area contributed by atoms with E-state index in [2.05, 4.69) is 29.0 Å². The van der Waals surface area contributed by atoms with Crippen molar-refractivity contribution in [1.29, 1.82) is 0 Å². The maximum atomic E-state index is 13.8. The zero-order valence-corrected chi connectivity index (χ0v) is 15.5. The van der Waals surface area contributed by atoms with E-state index in [-0.39, 0.29) is 13.3 Å².